The molecule has 1 fully saturated rings. The average Bonchev–Trinajstić information content (AvgIpc) is 2.80. The van der Waals surface area contributed by atoms with Gasteiger partial charge in [-0.15, -0.1) is 0 Å². The molecule has 1 saturated heterocycles. The average molecular weight is 430 g/mol. The summed E-state index contributed by atoms with van der Waals surface area (Å²) in [5, 5.41) is 9.41. The quantitative estimate of drug-likeness (QED) is 0.646. The smallest absolute Gasteiger partial charge is 0.306 e. The van der Waals surface area contributed by atoms with E-state index in [1.807, 2.05) is 43.3 Å². The summed E-state index contributed by atoms with van der Waals surface area (Å²) < 4.78 is 22.3. The van der Waals surface area contributed by atoms with E-state index in [-0.39, 0.29) is 12.0 Å². The Morgan fingerprint density at radius 2 is 1.71 bits per heavy atom. The van der Waals surface area contributed by atoms with E-state index in [2.05, 4.69) is 4.90 Å². The second-order valence-electron chi connectivity index (χ2n) is 7.50. The minimum Gasteiger partial charge on any atom is -0.497 e. The van der Waals surface area contributed by atoms with Gasteiger partial charge < -0.3 is 24.1 Å². The molecule has 0 bridgehead atoms. The minimum absolute atomic E-state index is 0.124. The van der Waals surface area contributed by atoms with Crippen LogP contribution in [0.25, 0.3) is 0 Å². The maximum atomic E-state index is 11.4. The fourth-order valence-corrected chi connectivity index (χ4v) is 4.17. The van der Waals surface area contributed by atoms with Gasteiger partial charge in [0.15, 0.2) is 11.5 Å². The lowest BCUT2D eigenvalue weighted by Crippen LogP contribution is -2.39. The number of likely N-dealkylation sites (tertiary alicyclic amines) is 1. The summed E-state index contributed by atoms with van der Waals surface area (Å²) in [7, 11) is 4.89. The van der Waals surface area contributed by atoms with E-state index in [1.54, 1.807) is 21.3 Å². The van der Waals surface area contributed by atoms with Crippen LogP contribution in [0, 0.1) is 5.92 Å². The number of aliphatic carboxylic acids is 1. The Morgan fingerprint density at radius 3 is 2.29 bits per heavy atom. The van der Waals surface area contributed by atoms with Gasteiger partial charge in [0.25, 0.3) is 0 Å². The number of carboxylic acids is 1. The highest BCUT2D eigenvalue weighted by molar-refractivity contribution is 5.70. The number of benzene rings is 2. The van der Waals surface area contributed by atoms with Crippen molar-refractivity contribution in [1.29, 1.82) is 0 Å². The zero-order valence-corrected chi connectivity index (χ0v) is 18.6. The van der Waals surface area contributed by atoms with E-state index in [1.165, 1.54) is 0 Å². The van der Waals surface area contributed by atoms with Crippen LogP contribution in [0.1, 0.15) is 36.9 Å². The Labute approximate surface area is 183 Å². The molecule has 7 heteroatoms. The molecular formula is C24H31NO6. The van der Waals surface area contributed by atoms with Crippen molar-refractivity contribution in [3.63, 3.8) is 0 Å². The fourth-order valence-electron chi connectivity index (χ4n) is 4.17. The van der Waals surface area contributed by atoms with Gasteiger partial charge in [-0.1, -0.05) is 6.07 Å². The number of hydrogen-bond acceptors (Lipinski definition) is 6. The molecule has 0 aliphatic carbocycles. The van der Waals surface area contributed by atoms with Crippen LogP contribution in [-0.4, -0.2) is 57.0 Å². The third-order valence-corrected chi connectivity index (χ3v) is 5.78. The third kappa shape index (κ3) is 5.05. The van der Waals surface area contributed by atoms with Gasteiger partial charge >= 0.3 is 5.97 Å². The normalized spacial score (nSPS) is 15.9. The lowest BCUT2D eigenvalue weighted by atomic mass is 9.90. The summed E-state index contributed by atoms with van der Waals surface area (Å²) in [6.45, 7) is 3.81. The predicted molar refractivity (Wildman–Crippen MR) is 117 cm³/mol. The van der Waals surface area contributed by atoms with Crippen LogP contribution in [0.2, 0.25) is 0 Å². The molecule has 7 nitrogen and oxygen atoms in total. The second-order valence-corrected chi connectivity index (χ2v) is 7.50. The van der Waals surface area contributed by atoms with Crippen molar-refractivity contribution in [2.24, 2.45) is 5.92 Å². The number of ether oxygens (including phenoxy) is 4. The van der Waals surface area contributed by atoms with Crippen LogP contribution in [0.5, 0.6) is 23.0 Å². The largest absolute Gasteiger partial charge is 0.497 e. The van der Waals surface area contributed by atoms with E-state index in [0.717, 1.165) is 16.9 Å². The van der Waals surface area contributed by atoms with Crippen molar-refractivity contribution in [3.05, 3.63) is 47.5 Å². The van der Waals surface area contributed by atoms with Crippen LogP contribution in [0.3, 0.4) is 0 Å². The van der Waals surface area contributed by atoms with Gasteiger partial charge in [0, 0.05) is 11.6 Å². The van der Waals surface area contributed by atoms with Crippen LogP contribution >= 0.6 is 0 Å². The van der Waals surface area contributed by atoms with Gasteiger partial charge in [-0.25, -0.2) is 0 Å². The maximum absolute atomic E-state index is 11.4. The van der Waals surface area contributed by atoms with E-state index >= 15 is 0 Å². The number of carbonyl (C=O) groups is 1. The van der Waals surface area contributed by atoms with Crippen LogP contribution in [0.4, 0.5) is 0 Å². The lowest BCUT2D eigenvalue weighted by Gasteiger charge is -2.37. The zero-order chi connectivity index (χ0) is 22.4. The first-order chi connectivity index (χ1) is 15.0. The molecule has 1 unspecified atom stereocenters. The molecule has 3 rings (SSSR count). The first-order valence-electron chi connectivity index (χ1n) is 10.5. The maximum Gasteiger partial charge on any atom is 0.306 e. The molecule has 1 N–H and O–H groups in total. The number of nitrogens with zero attached hydrogens (tertiary/aromatic N) is 1. The van der Waals surface area contributed by atoms with E-state index < -0.39 is 5.97 Å². The van der Waals surface area contributed by atoms with Crippen LogP contribution in [-0.2, 0) is 4.79 Å². The molecule has 0 amide bonds. The van der Waals surface area contributed by atoms with Gasteiger partial charge in [-0.3, -0.25) is 9.69 Å². The molecule has 0 radical (unpaired) electrons. The Bertz CT molecular complexity index is 892. The molecule has 0 aromatic heterocycles. The molecule has 1 aliphatic heterocycles. The number of carboxylic acid groups (broad SMARTS) is 1. The first-order valence-corrected chi connectivity index (χ1v) is 10.5. The summed E-state index contributed by atoms with van der Waals surface area (Å²) in [6.07, 6.45) is 1.22. The Morgan fingerprint density at radius 1 is 1.00 bits per heavy atom. The summed E-state index contributed by atoms with van der Waals surface area (Å²) in [4.78, 5) is 13.8. The van der Waals surface area contributed by atoms with Crippen molar-refractivity contribution < 1.29 is 28.8 Å². The van der Waals surface area contributed by atoms with Crippen molar-refractivity contribution in [2.75, 3.05) is 41.0 Å². The molecule has 0 spiro atoms. The van der Waals surface area contributed by atoms with Crippen molar-refractivity contribution in [1.82, 2.24) is 4.90 Å². The molecule has 1 heterocycles. The Balaban J connectivity index is 2.06. The molecule has 1 atom stereocenters. The van der Waals surface area contributed by atoms with Crippen LogP contribution < -0.4 is 18.9 Å². The standard InChI is InChI=1S/C24H31NO6/c1-5-31-22-14-17(6-9-20(22)29-3)23(25-12-10-16(11-13-25)24(26)27)19-8-7-18(28-2)15-21(19)30-4/h6-9,14-16,23H,5,10-13H2,1-4H3,(H,26,27). The predicted octanol–water partition coefficient (Wildman–Crippen LogP) is 4.00. The second kappa shape index (κ2) is 10.4. The first kappa shape index (κ1) is 22.7. The number of methoxy groups -OCH3 is 3. The van der Waals surface area contributed by atoms with Gasteiger partial charge in [0.1, 0.15) is 11.5 Å². The monoisotopic (exact) mass is 429 g/mol. The highest BCUT2D eigenvalue weighted by Crippen LogP contribution is 2.41. The van der Waals surface area contributed by atoms with Gasteiger partial charge in [-0.05, 0) is 62.7 Å². The molecule has 2 aromatic carbocycles. The summed E-state index contributed by atoms with van der Waals surface area (Å²) in [5.74, 6) is 1.77. The lowest BCUT2D eigenvalue weighted by molar-refractivity contribution is -0.143. The Kier molecular flexibility index (Phi) is 7.63. The van der Waals surface area contributed by atoms with Gasteiger partial charge in [0.2, 0.25) is 0 Å². The van der Waals surface area contributed by atoms with Crippen molar-refractivity contribution >= 4 is 5.97 Å². The summed E-state index contributed by atoms with van der Waals surface area (Å²) in [6, 6.07) is 11.6. The third-order valence-electron chi connectivity index (χ3n) is 5.78. The zero-order valence-electron chi connectivity index (χ0n) is 18.6. The number of rotatable bonds is 9. The van der Waals surface area contributed by atoms with E-state index in [4.69, 9.17) is 18.9 Å². The Hall–Kier alpha value is -2.93. The fraction of sp³-hybridized carbons (Fsp3) is 0.458. The molecule has 31 heavy (non-hydrogen) atoms. The van der Waals surface area contributed by atoms with Crippen molar-refractivity contribution in [3.8, 4) is 23.0 Å². The topological polar surface area (TPSA) is 77.5 Å². The molecule has 2 aromatic rings. The molecule has 0 saturated carbocycles. The number of piperidine rings is 1. The molecule has 168 valence electrons. The van der Waals surface area contributed by atoms with E-state index in [0.29, 0.717) is 49.8 Å². The van der Waals surface area contributed by atoms with Crippen LogP contribution in [0.15, 0.2) is 36.4 Å². The highest BCUT2D eigenvalue weighted by atomic mass is 16.5. The van der Waals surface area contributed by atoms with E-state index in [9.17, 15) is 9.90 Å². The van der Waals surface area contributed by atoms with Crippen molar-refractivity contribution in [2.45, 2.75) is 25.8 Å². The van der Waals surface area contributed by atoms with Gasteiger partial charge in [0.05, 0.1) is 39.9 Å². The summed E-state index contributed by atoms with van der Waals surface area (Å²) >= 11 is 0. The highest BCUT2D eigenvalue weighted by Gasteiger charge is 2.32. The molecular weight excluding hydrogens is 398 g/mol. The minimum atomic E-state index is -0.721. The SMILES string of the molecule is CCOc1cc(C(c2ccc(OC)cc2OC)N2CCC(C(=O)O)CC2)ccc1OC. The molecule has 1 aliphatic rings. The summed E-state index contributed by atoms with van der Waals surface area (Å²) in [5.41, 5.74) is 2.02. The van der Waals surface area contributed by atoms with Gasteiger partial charge in [-0.2, -0.15) is 0 Å². The number of hydrogen-bond donors (Lipinski definition) is 1.